The van der Waals surface area contributed by atoms with Crippen molar-refractivity contribution in [1.29, 1.82) is 0 Å². The largest absolute Gasteiger partial charge is 0.477 e. The number of nitro groups is 1. The number of hydrogen-bond acceptors (Lipinski definition) is 6. The van der Waals surface area contributed by atoms with Crippen molar-refractivity contribution in [3.05, 3.63) is 58.1 Å². The molecule has 1 atom stereocenters. The lowest BCUT2D eigenvalue weighted by atomic mass is 10.1. The maximum absolute atomic E-state index is 13.0. The van der Waals surface area contributed by atoms with Crippen LogP contribution in [0.3, 0.4) is 0 Å². The number of aryl methyl sites for hydroxylation is 1. The van der Waals surface area contributed by atoms with Crippen LogP contribution in [0.5, 0.6) is 5.75 Å². The molecule has 2 aliphatic rings. The number of carbonyl (C=O) groups excluding carboxylic acids is 2. The Kier molecular flexibility index (Phi) is 6.25. The number of nitrogens with one attached hydrogen (secondary N) is 1. The molecular formula is C23H26N4O5. The van der Waals surface area contributed by atoms with Crippen molar-refractivity contribution in [2.24, 2.45) is 0 Å². The van der Waals surface area contributed by atoms with Gasteiger partial charge in [0.1, 0.15) is 5.75 Å². The van der Waals surface area contributed by atoms with E-state index in [9.17, 15) is 19.7 Å². The minimum atomic E-state index is -0.685. The predicted octanol–water partition coefficient (Wildman–Crippen LogP) is 3.12. The number of anilines is 2. The highest BCUT2D eigenvalue weighted by Crippen LogP contribution is 2.33. The Morgan fingerprint density at radius 3 is 2.66 bits per heavy atom. The maximum atomic E-state index is 13.0. The summed E-state index contributed by atoms with van der Waals surface area (Å²) in [6.45, 7) is 3.48. The molecule has 4 rings (SSSR count). The van der Waals surface area contributed by atoms with E-state index in [-0.39, 0.29) is 30.6 Å². The number of para-hydroxylation sites is 2. The number of benzene rings is 2. The Morgan fingerprint density at radius 1 is 1.16 bits per heavy atom. The highest BCUT2D eigenvalue weighted by molar-refractivity contribution is 5.95. The quantitative estimate of drug-likeness (QED) is 0.568. The average Bonchev–Trinajstić information content (AvgIpc) is 2.80. The van der Waals surface area contributed by atoms with E-state index >= 15 is 0 Å². The van der Waals surface area contributed by atoms with Crippen molar-refractivity contribution in [3.8, 4) is 5.75 Å². The molecule has 1 saturated heterocycles. The van der Waals surface area contributed by atoms with Gasteiger partial charge in [0.15, 0.2) is 6.10 Å². The molecule has 2 aromatic carbocycles. The van der Waals surface area contributed by atoms with Crippen LogP contribution in [-0.4, -0.2) is 53.9 Å². The van der Waals surface area contributed by atoms with Crippen LogP contribution in [0.15, 0.2) is 42.5 Å². The van der Waals surface area contributed by atoms with Gasteiger partial charge in [-0.15, -0.1) is 0 Å². The third kappa shape index (κ3) is 4.66. The van der Waals surface area contributed by atoms with Gasteiger partial charge in [-0.3, -0.25) is 19.7 Å². The van der Waals surface area contributed by atoms with E-state index in [4.69, 9.17) is 4.74 Å². The number of piperidine rings is 1. The molecule has 0 aliphatic carbocycles. The van der Waals surface area contributed by atoms with Gasteiger partial charge >= 0.3 is 0 Å². The molecule has 0 saturated carbocycles. The van der Waals surface area contributed by atoms with E-state index in [1.807, 2.05) is 28.0 Å². The van der Waals surface area contributed by atoms with Crippen LogP contribution in [0.1, 0.15) is 24.8 Å². The zero-order valence-electron chi connectivity index (χ0n) is 18.0. The first-order chi connectivity index (χ1) is 15.4. The SMILES string of the molecule is Cc1ccc([N+](=O)[O-])cc1NC(=O)CN1CC(C(=O)N2CCCCC2)Oc2ccccc21. The zero-order chi connectivity index (χ0) is 22.7. The molecule has 1 unspecified atom stereocenters. The van der Waals surface area contributed by atoms with Gasteiger partial charge in [-0.2, -0.15) is 0 Å². The molecule has 1 fully saturated rings. The van der Waals surface area contributed by atoms with Gasteiger partial charge in [-0.05, 0) is 43.9 Å². The van der Waals surface area contributed by atoms with Gasteiger partial charge in [-0.1, -0.05) is 18.2 Å². The Hall–Kier alpha value is -3.62. The van der Waals surface area contributed by atoms with E-state index in [1.54, 1.807) is 19.1 Å². The number of fused-ring (bicyclic) bond motifs is 1. The Balaban J connectivity index is 1.50. The maximum Gasteiger partial charge on any atom is 0.271 e. The van der Waals surface area contributed by atoms with E-state index < -0.39 is 11.0 Å². The summed E-state index contributed by atoms with van der Waals surface area (Å²) in [5.41, 5.74) is 1.77. The van der Waals surface area contributed by atoms with Gasteiger partial charge in [0.05, 0.1) is 29.4 Å². The number of non-ortho nitro benzene ring substituents is 1. The van der Waals surface area contributed by atoms with E-state index in [2.05, 4.69) is 5.32 Å². The van der Waals surface area contributed by atoms with Crippen molar-refractivity contribution in [2.75, 3.05) is 36.4 Å². The van der Waals surface area contributed by atoms with Gasteiger partial charge in [0.2, 0.25) is 5.91 Å². The lowest BCUT2D eigenvalue weighted by Gasteiger charge is -2.38. The third-order valence-electron chi connectivity index (χ3n) is 5.85. The highest BCUT2D eigenvalue weighted by Gasteiger charge is 2.34. The molecule has 0 aromatic heterocycles. The fraction of sp³-hybridized carbons (Fsp3) is 0.391. The predicted molar refractivity (Wildman–Crippen MR) is 120 cm³/mol. The lowest BCUT2D eigenvalue weighted by molar-refractivity contribution is -0.384. The van der Waals surface area contributed by atoms with Crippen LogP contribution >= 0.6 is 0 Å². The summed E-state index contributed by atoms with van der Waals surface area (Å²) in [6, 6.07) is 11.7. The minimum absolute atomic E-state index is 0.00765. The van der Waals surface area contributed by atoms with Crippen molar-refractivity contribution < 1.29 is 19.2 Å². The molecule has 32 heavy (non-hydrogen) atoms. The first-order valence-electron chi connectivity index (χ1n) is 10.8. The van der Waals surface area contributed by atoms with Gasteiger partial charge in [0, 0.05) is 25.2 Å². The van der Waals surface area contributed by atoms with Gasteiger partial charge in [0.25, 0.3) is 11.6 Å². The van der Waals surface area contributed by atoms with E-state index in [1.165, 1.54) is 12.1 Å². The van der Waals surface area contributed by atoms with Crippen LogP contribution in [0.4, 0.5) is 17.1 Å². The lowest BCUT2D eigenvalue weighted by Crippen LogP contribution is -2.52. The molecule has 2 aromatic rings. The number of carbonyl (C=O) groups is 2. The average molecular weight is 438 g/mol. The van der Waals surface area contributed by atoms with Crippen LogP contribution in [0.2, 0.25) is 0 Å². The molecule has 9 nitrogen and oxygen atoms in total. The number of rotatable bonds is 5. The fourth-order valence-corrected chi connectivity index (χ4v) is 4.12. The summed E-state index contributed by atoms with van der Waals surface area (Å²) in [5, 5.41) is 13.8. The number of likely N-dealkylation sites (tertiary alicyclic amines) is 1. The molecule has 0 radical (unpaired) electrons. The summed E-state index contributed by atoms with van der Waals surface area (Å²) >= 11 is 0. The topological polar surface area (TPSA) is 105 Å². The number of ether oxygens (including phenoxy) is 1. The molecule has 1 N–H and O–H groups in total. The van der Waals surface area contributed by atoms with E-state index in [0.717, 1.165) is 43.6 Å². The molecule has 2 aliphatic heterocycles. The summed E-state index contributed by atoms with van der Waals surface area (Å²) in [6.07, 6.45) is 2.42. The second-order valence-corrected chi connectivity index (χ2v) is 8.15. The molecule has 0 spiro atoms. The molecular weight excluding hydrogens is 412 g/mol. The molecule has 168 valence electrons. The summed E-state index contributed by atoms with van der Waals surface area (Å²) in [7, 11) is 0. The van der Waals surface area contributed by atoms with Crippen molar-refractivity contribution in [1.82, 2.24) is 4.90 Å². The van der Waals surface area contributed by atoms with Crippen LogP contribution in [0.25, 0.3) is 0 Å². The Bertz CT molecular complexity index is 1030. The Morgan fingerprint density at radius 2 is 1.91 bits per heavy atom. The number of nitrogens with zero attached hydrogens (tertiary/aromatic N) is 3. The van der Waals surface area contributed by atoms with Crippen LogP contribution in [0, 0.1) is 17.0 Å². The molecule has 2 heterocycles. The van der Waals surface area contributed by atoms with Gasteiger partial charge in [-0.25, -0.2) is 0 Å². The second kappa shape index (κ2) is 9.25. The normalized spacial score (nSPS) is 17.8. The molecule has 9 heteroatoms. The van der Waals surface area contributed by atoms with Gasteiger partial charge < -0.3 is 19.9 Å². The fourth-order valence-electron chi connectivity index (χ4n) is 4.12. The van der Waals surface area contributed by atoms with Crippen molar-refractivity contribution in [3.63, 3.8) is 0 Å². The van der Waals surface area contributed by atoms with Crippen LogP contribution in [-0.2, 0) is 9.59 Å². The number of amides is 2. The first kappa shape index (κ1) is 21.6. The Labute approximate surface area is 186 Å². The molecule has 2 amide bonds. The summed E-state index contributed by atoms with van der Waals surface area (Å²) < 4.78 is 6.00. The summed E-state index contributed by atoms with van der Waals surface area (Å²) in [4.78, 5) is 40.1. The minimum Gasteiger partial charge on any atom is -0.477 e. The number of hydrogen-bond donors (Lipinski definition) is 1. The monoisotopic (exact) mass is 438 g/mol. The first-order valence-corrected chi connectivity index (χ1v) is 10.8. The second-order valence-electron chi connectivity index (χ2n) is 8.15. The standard InChI is InChI=1S/C23H26N4O5/c1-16-9-10-17(27(30)31)13-18(16)24-22(28)15-26-14-21(23(29)25-11-5-2-6-12-25)32-20-8-4-3-7-19(20)26/h3-4,7-10,13,21H,2,5-6,11-12,14-15H2,1H3,(H,24,28). The van der Waals surface area contributed by atoms with Crippen LogP contribution < -0.4 is 15.0 Å². The zero-order valence-corrected chi connectivity index (χ0v) is 18.0. The van der Waals surface area contributed by atoms with Crippen molar-refractivity contribution in [2.45, 2.75) is 32.3 Å². The number of nitro benzene ring substituents is 1. The molecule has 0 bridgehead atoms. The van der Waals surface area contributed by atoms with E-state index in [0.29, 0.717) is 11.4 Å². The van der Waals surface area contributed by atoms with Crippen molar-refractivity contribution >= 4 is 28.9 Å². The summed E-state index contributed by atoms with van der Waals surface area (Å²) in [5.74, 6) is 0.182. The highest BCUT2D eigenvalue weighted by atomic mass is 16.6. The third-order valence-corrected chi connectivity index (χ3v) is 5.85. The smallest absolute Gasteiger partial charge is 0.271 e.